The number of aryl methyl sites for hydroxylation is 3. The van der Waals surface area contributed by atoms with Gasteiger partial charge in [-0.25, -0.2) is 0 Å². The maximum Gasteiger partial charge on any atom is 0.0591 e. The molecule has 0 atom stereocenters. The van der Waals surface area contributed by atoms with Crippen LogP contribution in [0.1, 0.15) is 49.8 Å². The lowest BCUT2D eigenvalue weighted by atomic mass is 9.97. The Hall–Kier alpha value is -0.820. The van der Waals surface area contributed by atoms with Gasteiger partial charge in [0.15, 0.2) is 0 Å². The Morgan fingerprint density at radius 3 is 2.38 bits per heavy atom. The van der Waals surface area contributed by atoms with Crippen LogP contribution in [-0.2, 0) is 6.42 Å². The van der Waals surface area contributed by atoms with Gasteiger partial charge in [0.1, 0.15) is 0 Å². The van der Waals surface area contributed by atoms with Crippen molar-refractivity contribution in [1.29, 1.82) is 0 Å². The maximum atomic E-state index is 9.61. The normalized spacial score (nSPS) is 11.8. The van der Waals surface area contributed by atoms with Crippen LogP contribution in [-0.4, -0.2) is 10.7 Å². The van der Waals surface area contributed by atoms with Gasteiger partial charge in [0, 0.05) is 0 Å². The Kier molecular flexibility index (Phi) is 4.55. The molecule has 0 fully saturated rings. The number of hydrogen-bond donors (Lipinski definition) is 1. The Morgan fingerprint density at radius 1 is 1.12 bits per heavy atom. The monoisotopic (exact) mass is 220 g/mol. The molecule has 90 valence electrons. The first-order valence-corrected chi connectivity index (χ1v) is 6.17. The third kappa shape index (κ3) is 4.80. The molecule has 1 nitrogen and oxygen atoms in total. The smallest absolute Gasteiger partial charge is 0.0591 e. The van der Waals surface area contributed by atoms with E-state index in [0.717, 1.165) is 25.7 Å². The van der Waals surface area contributed by atoms with Crippen molar-refractivity contribution in [2.45, 2.75) is 59.0 Å². The summed E-state index contributed by atoms with van der Waals surface area (Å²) in [5, 5.41) is 9.61. The summed E-state index contributed by atoms with van der Waals surface area (Å²) in [4.78, 5) is 0. The highest BCUT2D eigenvalue weighted by atomic mass is 16.3. The Balaban J connectivity index is 2.38. The molecule has 1 rings (SSSR count). The van der Waals surface area contributed by atoms with Crippen LogP contribution in [0.15, 0.2) is 18.2 Å². The van der Waals surface area contributed by atoms with Gasteiger partial charge < -0.3 is 5.11 Å². The predicted octanol–water partition coefficient (Wildman–Crippen LogP) is 3.79. The fourth-order valence-electron chi connectivity index (χ4n) is 2.00. The molecule has 0 aromatic heterocycles. The molecule has 0 bridgehead atoms. The van der Waals surface area contributed by atoms with Crippen LogP contribution in [0.2, 0.25) is 0 Å². The van der Waals surface area contributed by atoms with Gasteiger partial charge in [-0.15, -0.1) is 0 Å². The molecule has 0 unspecified atom stereocenters. The van der Waals surface area contributed by atoms with E-state index in [9.17, 15) is 5.11 Å². The molecule has 0 radical (unpaired) electrons. The highest BCUT2D eigenvalue weighted by molar-refractivity contribution is 5.30. The molecule has 1 N–H and O–H groups in total. The zero-order chi connectivity index (χ0) is 12.2. The average Bonchev–Trinajstić information content (AvgIpc) is 2.13. The molecule has 0 spiro atoms. The molecule has 1 aromatic carbocycles. The minimum atomic E-state index is -0.512. The van der Waals surface area contributed by atoms with Crippen LogP contribution in [0, 0.1) is 13.8 Å². The number of rotatable bonds is 5. The lowest BCUT2D eigenvalue weighted by Gasteiger charge is -2.16. The van der Waals surface area contributed by atoms with Crippen LogP contribution in [0.3, 0.4) is 0 Å². The van der Waals surface area contributed by atoms with E-state index in [1.807, 2.05) is 13.8 Å². The summed E-state index contributed by atoms with van der Waals surface area (Å²) in [6, 6.07) is 6.65. The first kappa shape index (κ1) is 13.2. The quantitative estimate of drug-likeness (QED) is 0.749. The Bertz CT molecular complexity index is 334. The fourth-order valence-corrected chi connectivity index (χ4v) is 2.00. The molecule has 0 aliphatic heterocycles. The summed E-state index contributed by atoms with van der Waals surface area (Å²) >= 11 is 0. The second-order valence-corrected chi connectivity index (χ2v) is 5.45. The molecule has 0 saturated carbocycles. The first-order chi connectivity index (χ1) is 7.38. The summed E-state index contributed by atoms with van der Waals surface area (Å²) < 4.78 is 0. The van der Waals surface area contributed by atoms with E-state index >= 15 is 0 Å². The van der Waals surface area contributed by atoms with E-state index in [1.54, 1.807) is 0 Å². The van der Waals surface area contributed by atoms with Crippen molar-refractivity contribution in [2.75, 3.05) is 0 Å². The van der Waals surface area contributed by atoms with Gasteiger partial charge in [0.25, 0.3) is 0 Å². The Morgan fingerprint density at radius 2 is 1.81 bits per heavy atom. The zero-order valence-corrected chi connectivity index (χ0v) is 11.0. The van der Waals surface area contributed by atoms with Crippen molar-refractivity contribution in [3.8, 4) is 0 Å². The van der Waals surface area contributed by atoms with Gasteiger partial charge in [0.05, 0.1) is 5.60 Å². The number of hydrogen-bond acceptors (Lipinski definition) is 1. The number of aliphatic hydroxyl groups is 1. The topological polar surface area (TPSA) is 20.2 Å². The second kappa shape index (κ2) is 5.49. The third-order valence-corrected chi connectivity index (χ3v) is 2.98. The van der Waals surface area contributed by atoms with Crippen molar-refractivity contribution in [2.24, 2.45) is 0 Å². The zero-order valence-electron chi connectivity index (χ0n) is 11.0. The van der Waals surface area contributed by atoms with Crippen LogP contribution in [0.5, 0.6) is 0 Å². The van der Waals surface area contributed by atoms with Crippen molar-refractivity contribution in [3.63, 3.8) is 0 Å². The second-order valence-electron chi connectivity index (χ2n) is 5.45. The minimum absolute atomic E-state index is 0.512. The van der Waals surface area contributed by atoms with Crippen LogP contribution >= 0.6 is 0 Å². The van der Waals surface area contributed by atoms with E-state index in [2.05, 4.69) is 32.0 Å². The summed E-state index contributed by atoms with van der Waals surface area (Å²) in [5.74, 6) is 0. The largest absolute Gasteiger partial charge is 0.390 e. The molecule has 0 saturated heterocycles. The van der Waals surface area contributed by atoms with Gasteiger partial charge >= 0.3 is 0 Å². The van der Waals surface area contributed by atoms with Gasteiger partial charge in [-0.05, 0) is 58.1 Å². The van der Waals surface area contributed by atoms with Crippen LogP contribution in [0.4, 0.5) is 0 Å². The lowest BCUT2D eigenvalue weighted by Crippen LogP contribution is -2.17. The minimum Gasteiger partial charge on any atom is -0.390 e. The molecular weight excluding hydrogens is 196 g/mol. The lowest BCUT2D eigenvalue weighted by molar-refractivity contribution is 0.0682. The van der Waals surface area contributed by atoms with Crippen LogP contribution in [0.25, 0.3) is 0 Å². The van der Waals surface area contributed by atoms with E-state index in [-0.39, 0.29) is 0 Å². The molecular formula is C15H24O. The van der Waals surface area contributed by atoms with E-state index in [4.69, 9.17) is 0 Å². The maximum absolute atomic E-state index is 9.61. The van der Waals surface area contributed by atoms with Crippen molar-refractivity contribution in [3.05, 3.63) is 34.9 Å². The summed E-state index contributed by atoms with van der Waals surface area (Å²) in [5.41, 5.74) is 3.66. The molecule has 0 aliphatic rings. The highest BCUT2D eigenvalue weighted by Gasteiger charge is 2.11. The SMILES string of the molecule is Cc1ccc(CCCCC(C)(C)O)c(C)c1. The van der Waals surface area contributed by atoms with E-state index < -0.39 is 5.60 Å². The molecule has 0 heterocycles. The average molecular weight is 220 g/mol. The summed E-state index contributed by atoms with van der Waals surface area (Å²) in [7, 11) is 0. The third-order valence-electron chi connectivity index (χ3n) is 2.98. The molecule has 0 amide bonds. The van der Waals surface area contributed by atoms with Crippen molar-refractivity contribution in [1.82, 2.24) is 0 Å². The highest BCUT2D eigenvalue weighted by Crippen LogP contribution is 2.16. The first-order valence-electron chi connectivity index (χ1n) is 6.17. The molecule has 16 heavy (non-hydrogen) atoms. The Labute approximate surface area is 99.5 Å². The van der Waals surface area contributed by atoms with Gasteiger partial charge in [-0.1, -0.05) is 30.2 Å². The number of benzene rings is 1. The molecule has 0 aliphatic carbocycles. The predicted molar refractivity (Wildman–Crippen MR) is 69.8 cm³/mol. The standard InChI is InChI=1S/C15H24O/c1-12-8-9-14(13(2)11-12)7-5-6-10-15(3,4)16/h8-9,11,16H,5-7,10H2,1-4H3. The van der Waals surface area contributed by atoms with Gasteiger partial charge in [0.2, 0.25) is 0 Å². The van der Waals surface area contributed by atoms with Gasteiger partial charge in [-0.3, -0.25) is 0 Å². The number of unbranched alkanes of at least 4 members (excludes halogenated alkanes) is 1. The van der Waals surface area contributed by atoms with Crippen LogP contribution < -0.4 is 0 Å². The molecule has 1 aromatic rings. The van der Waals surface area contributed by atoms with E-state index in [0.29, 0.717) is 0 Å². The van der Waals surface area contributed by atoms with Gasteiger partial charge in [-0.2, -0.15) is 0 Å². The van der Waals surface area contributed by atoms with Crippen molar-refractivity contribution < 1.29 is 5.11 Å². The van der Waals surface area contributed by atoms with Crippen molar-refractivity contribution >= 4 is 0 Å². The fraction of sp³-hybridized carbons (Fsp3) is 0.600. The van der Waals surface area contributed by atoms with E-state index in [1.165, 1.54) is 16.7 Å². The summed E-state index contributed by atoms with van der Waals surface area (Å²) in [6.07, 6.45) is 4.27. The summed E-state index contributed by atoms with van der Waals surface area (Å²) in [6.45, 7) is 8.07. The molecule has 1 heteroatoms.